The molecule has 32 heavy (non-hydrogen) atoms. The van der Waals surface area contributed by atoms with Crippen LogP contribution in [0.1, 0.15) is 26.5 Å². The van der Waals surface area contributed by atoms with Crippen LogP contribution in [0, 0.1) is 5.82 Å². The van der Waals surface area contributed by atoms with E-state index in [1.807, 2.05) is 20.8 Å². The third kappa shape index (κ3) is 5.08. The molecule has 1 fully saturated rings. The first-order chi connectivity index (χ1) is 15.3. The van der Waals surface area contributed by atoms with Gasteiger partial charge in [-0.2, -0.15) is 0 Å². The quantitative estimate of drug-likeness (QED) is 0.431. The summed E-state index contributed by atoms with van der Waals surface area (Å²) in [7, 11) is 0. The van der Waals surface area contributed by atoms with Gasteiger partial charge >= 0.3 is 6.09 Å². The molecule has 1 atom stereocenters. The molecule has 0 bridgehead atoms. The zero-order valence-corrected chi connectivity index (χ0v) is 18.0. The highest BCUT2D eigenvalue weighted by molar-refractivity contribution is 5.90. The molecule has 1 saturated heterocycles. The number of hydrogen-bond donors (Lipinski definition) is 0. The van der Waals surface area contributed by atoms with Crippen molar-refractivity contribution in [2.75, 3.05) is 11.4 Å². The van der Waals surface area contributed by atoms with Crippen LogP contribution in [-0.4, -0.2) is 50.5 Å². The zero-order chi connectivity index (χ0) is 22.7. The summed E-state index contributed by atoms with van der Waals surface area (Å²) >= 11 is 0. The molecule has 1 aliphatic heterocycles. The van der Waals surface area contributed by atoms with Gasteiger partial charge in [0, 0.05) is 23.5 Å². The Bertz CT molecular complexity index is 1110. The number of carbonyl (C=O) groups is 1. The number of hydrogen-bond acceptors (Lipinski definition) is 7. The van der Waals surface area contributed by atoms with Crippen molar-refractivity contribution < 1.29 is 18.8 Å². The fourth-order valence-electron chi connectivity index (χ4n) is 3.15. The lowest BCUT2D eigenvalue weighted by Gasteiger charge is -2.15. The molecule has 1 aromatic carbocycles. The molecule has 3 heterocycles. The third-order valence-corrected chi connectivity index (χ3v) is 4.61. The maximum absolute atomic E-state index is 14.9. The third-order valence-electron chi connectivity index (χ3n) is 4.61. The second-order valence-electron chi connectivity index (χ2n) is 8.32. The smallest absolute Gasteiger partial charge is 0.414 e. The second kappa shape index (κ2) is 8.74. The summed E-state index contributed by atoms with van der Waals surface area (Å²) < 4.78 is 21.8. The van der Waals surface area contributed by atoms with E-state index in [0.717, 1.165) is 0 Å². The highest BCUT2D eigenvalue weighted by Crippen LogP contribution is 2.29. The average molecular weight is 438 g/mol. The summed E-state index contributed by atoms with van der Waals surface area (Å²) in [5, 5.41) is 11.5. The number of nitrogens with zero attached hydrogens (tertiary/aromatic N) is 6. The van der Waals surface area contributed by atoms with E-state index in [0.29, 0.717) is 35.6 Å². The van der Waals surface area contributed by atoms with Crippen molar-refractivity contribution in [3.8, 4) is 11.1 Å². The summed E-state index contributed by atoms with van der Waals surface area (Å²) in [6.45, 7) is 6.36. The molecule has 3 aromatic rings. The van der Waals surface area contributed by atoms with Gasteiger partial charge in [-0.15, -0.1) is 5.10 Å². The maximum atomic E-state index is 14.9. The standard InChI is InChI=1S/C22H23FN6O3/c1-22(2,3)32-26-12-16-5-4-15(11-24-16)19-7-6-17(10-20(19)23)29-14-18(31-21(29)30)13-28-9-8-25-27-28/h4-12,18H,13-14H2,1-3H3/b26-12+. The van der Waals surface area contributed by atoms with Gasteiger partial charge < -0.3 is 9.57 Å². The van der Waals surface area contributed by atoms with Crippen LogP contribution in [0.2, 0.25) is 0 Å². The number of oxime groups is 1. The number of amides is 1. The van der Waals surface area contributed by atoms with Gasteiger partial charge in [-0.1, -0.05) is 16.4 Å². The molecule has 0 spiro atoms. The fraction of sp³-hybridized carbons (Fsp3) is 0.318. The molecule has 1 unspecified atom stereocenters. The van der Waals surface area contributed by atoms with Gasteiger partial charge in [-0.05, 0) is 45.0 Å². The molecule has 1 aliphatic rings. The highest BCUT2D eigenvalue weighted by atomic mass is 19.1. The van der Waals surface area contributed by atoms with Crippen molar-refractivity contribution in [2.24, 2.45) is 5.16 Å². The number of aromatic nitrogens is 4. The van der Waals surface area contributed by atoms with Crippen LogP contribution in [0.15, 0.2) is 54.1 Å². The van der Waals surface area contributed by atoms with Gasteiger partial charge in [0.2, 0.25) is 0 Å². The minimum absolute atomic E-state index is 0.295. The van der Waals surface area contributed by atoms with Crippen LogP contribution in [0.5, 0.6) is 0 Å². The van der Waals surface area contributed by atoms with Gasteiger partial charge in [0.15, 0.2) is 0 Å². The van der Waals surface area contributed by atoms with E-state index in [1.165, 1.54) is 17.2 Å². The van der Waals surface area contributed by atoms with E-state index < -0.39 is 18.0 Å². The molecule has 9 nitrogen and oxygen atoms in total. The fourth-order valence-corrected chi connectivity index (χ4v) is 3.15. The number of cyclic esters (lactones) is 1. The first-order valence-corrected chi connectivity index (χ1v) is 10.1. The van der Waals surface area contributed by atoms with E-state index in [4.69, 9.17) is 9.57 Å². The molecule has 166 valence electrons. The Labute approximate surface area is 184 Å². The van der Waals surface area contributed by atoms with E-state index >= 15 is 0 Å². The number of benzene rings is 1. The number of halogens is 1. The number of carbonyl (C=O) groups excluding carboxylic acids is 1. The summed E-state index contributed by atoms with van der Waals surface area (Å²) in [4.78, 5) is 23.2. The van der Waals surface area contributed by atoms with E-state index in [9.17, 15) is 9.18 Å². The van der Waals surface area contributed by atoms with Crippen molar-refractivity contribution in [3.05, 3.63) is 60.4 Å². The lowest BCUT2D eigenvalue weighted by Crippen LogP contribution is -2.26. The molecule has 0 saturated carbocycles. The molecular weight excluding hydrogens is 415 g/mol. The molecule has 0 N–H and O–H groups in total. The Morgan fingerprint density at radius 2 is 2.16 bits per heavy atom. The van der Waals surface area contributed by atoms with Crippen molar-refractivity contribution in [1.82, 2.24) is 20.0 Å². The highest BCUT2D eigenvalue weighted by Gasteiger charge is 2.33. The lowest BCUT2D eigenvalue weighted by atomic mass is 10.1. The Balaban J connectivity index is 1.44. The number of ether oxygens (including phenoxy) is 1. The predicted molar refractivity (Wildman–Crippen MR) is 116 cm³/mol. The normalized spacial score (nSPS) is 16.6. The molecule has 0 aliphatic carbocycles. The number of rotatable bonds is 6. The topological polar surface area (TPSA) is 94.7 Å². The van der Waals surface area contributed by atoms with Crippen LogP contribution >= 0.6 is 0 Å². The monoisotopic (exact) mass is 438 g/mol. The first-order valence-electron chi connectivity index (χ1n) is 10.1. The maximum Gasteiger partial charge on any atom is 0.414 e. The SMILES string of the molecule is CC(C)(C)O/N=C/c1ccc(-c2ccc(N3CC(Cn4ccnn4)OC3=O)cc2F)cn1. The average Bonchev–Trinajstić information content (AvgIpc) is 3.37. The van der Waals surface area contributed by atoms with Crippen molar-refractivity contribution >= 4 is 18.0 Å². The van der Waals surface area contributed by atoms with E-state index in [2.05, 4.69) is 20.5 Å². The van der Waals surface area contributed by atoms with Gasteiger partial charge in [0.1, 0.15) is 17.5 Å². The van der Waals surface area contributed by atoms with Crippen LogP contribution < -0.4 is 4.90 Å². The molecule has 0 radical (unpaired) electrons. The predicted octanol–water partition coefficient (Wildman–Crippen LogP) is 3.65. The second-order valence-corrected chi connectivity index (χ2v) is 8.32. The minimum Gasteiger partial charge on any atom is -0.442 e. The van der Waals surface area contributed by atoms with E-state index in [-0.39, 0.29) is 5.60 Å². The van der Waals surface area contributed by atoms with Gasteiger partial charge in [0.25, 0.3) is 0 Å². The Kier molecular flexibility index (Phi) is 5.85. The number of anilines is 1. The summed E-state index contributed by atoms with van der Waals surface area (Å²) in [5.41, 5.74) is 1.61. The summed E-state index contributed by atoms with van der Waals surface area (Å²) in [6, 6.07) is 8.10. The summed E-state index contributed by atoms with van der Waals surface area (Å²) in [6.07, 6.45) is 5.39. The Morgan fingerprint density at radius 3 is 2.81 bits per heavy atom. The van der Waals surface area contributed by atoms with Crippen LogP contribution in [0.4, 0.5) is 14.9 Å². The van der Waals surface area contributed by atoms with Crippen molar-refractivity contribution in [3.63, 3.8) is 0 Å². The molecule has 2 aromatic heterocycles. The summed E-state index contributed by atoms with van der Waals surface area (Å²) in [5.74, 6) is -0.464. The molecular formula is C22H23FN6O3. The zero-order valence-electron chi connectivity index (χ0n) is 18.0. The van der Waals surface area contributed by atoms with Crippen LogP contribution in [0.3, 0.4) is 0 Å². The first kappa shape index (κ1) is 21.4. The van der Waals surface area contributed by atoms with Crippen molar-refractivity contribution in [1.29, 1.82) is 0 Å². The number of pyridine rings is 1. The van der Waals surface area contributed by atoms with Crippen LogP contribution in [-0.2, 0) is 16.1 Å². The van der Waals surface area contributed by atoms with Crippen LogP contribution in [0.25, 0.3) is 11.1 Å². The van der Waals surface area contributed by atoms with Gasteiger partial charge in [-0.3, -0.25) is 9.88 Å². The largest absolute Gasteiger partial charge is 0.442 e. The molecule has 10 heteroatoms. The van der Waals surface area contributed by atoms with Crippen molar-refractivity contribution in [2.45, 2.75) is 39.0 Å². The van der Waals surface area contributed by atoms with Gasteiger partial charge in [-0.25, -0.2) is 13.9 Å². The van der Waals surface area contributed by atoms with E-state index in [1.54, 1.807) is 47.5 Å². The minimum atomic E-state index is -0.523. The Hall–Kier alpha value is -3.82. The van der Waals surface area contributed by atoms with Gasteiger partial charge in [0.05, 0.1) is 36.9 Å². The Morgan fingerprint density at radius 1 is 1.31 bits per heavy atom. The lowest BCUT2D eigenvalue weighted by molar-refractivity contribution is 0.00196. The molecule has 1 amide bonds. The molecule has 4 rings (SSSR count).